The summed E-state index contributed by atoms with van der Waals surface area (Å²) < 4.78 is 5.38. The highest BCUT2D eigenvalue weighted by Gasteiger charge is 2.39. The molecule has 0 aliphatic heterocycles. The van der Waals surface area contributed by atoms with Gasteiger partial charge in [0.05, 0.1) is 5.54 Å². The molecule has 1 fully saturated rings. The number of hydrogen-bond acceptors (Lipinski definition) is 3. The maximum Gasteiger partial charge on any atom is 0.408 e. The van der Waals surface area contributed by atoms with Crippen LogP contribution in [-0.4, -0.2) is 30.3 Å². The highest BCUT2D eigenvalue weighted by atomic mass is 16.6. The van der Waals surface area contributed by atoms with Crippen LogP contribution in [0.25, 0.3) is 0 Å². The Labute approximate surface area is 140 Å². The first-order valence-electron chi connectivity index (χ1n) is 8.64. The monoisotopic (exact) mass is 318 g/mol. The molecule has 0 unspecified atom stereocenters. The zero-order valence-corrected chi connectivity index (χ0v) is 14.7. The zero-order chi connectivity index (χ0) is 16.8. The first-order valence-corrected chi connectivity index (χ1v) is 8.64. The fraction of sp³-hybridized carbons (Fsp3) is 0.632. The minimum Gasteiger partial charge on any atom is -0.444 e. The van der Waals surface area contributed by atoms with Crippen molar-refractivity contribution in [2.75, 3.05) is 13.1 Å². The summed E-state index contributed by atoms with van der Waals surface area (Å²) in [6.07, 6.45) is 5.10. The molecule has 1 aromatic carbocycles. The highest BCUT2D eigenvalue weighted by Crippen LogP contribution is 2.31. The lowest BCUT2D eigenvalue weighted by Gasteiger charge is -2.42. The summed E-state index contributed by atoms with van der Waals surface area (Å²) in [6.45, 7) is 7.46. The molecule has 2 rings (SSSR count). The van der Waals surface area contributed by atoms with Gasteiger partial charge in [-0.2, -0.15) is 0 Å². The molecule has 0 heterocycles. The minimum atomic E-state index is -0.446. The molecule has 0 bridgehead atoms. The lowest BCUT2D eigenvalue weighted by atomic mass is 9.76. The third-order valence-corrected chi connectivity index (χ3v) is 4.20. The van der Waals surface area contributed by atoms with Gasteiger partial charge in [-0.1, -0.05) is 30.3 Å². The number of amides is 1. The molecular formula is C19H30N2O2. The van der Waals surface area contributed by atoms with Crippen LogP contribution in [0.4, 0.5) is 4.79 Å². The Morgan fingerprint density at radius 3 is 2.48 bits per heavy atom. The van der Waals surface area contributed by atoms with Gasteiger partial charge in [0.25, 0.3) is 0 Å². The molecule has 23 heavy (non-hydrogen) atoms. The maximum atomic E-state index is 12.0. The molecule has 4 heteroatoms. The van der Waals surface area contributed by atoms with Crippen LogP contribution in [0.5, 0.6) is 0 Å². The minimum absolute atomic E-state index is 0.116. The molecule has 1 saturated carbocycles. The molecular weight excluding hydrogens is 288 g/mol. The second-order valence-corrected chi connectivity index (χ2v) is 7.53. The molecule has 0 aromatic heterocycles. The lowest BCUT2D eigenvalue weighted by Crippen LogP contribution is -2.59. The SMILES string of the molecule is CC(C)(C)OC(=O)NC1(CNCCCc2ccccc2)CCC1. The van der Waals surface area contributed by atoms with E-state index in [-0.39, 0.29) is 11.6 Å². The number of rotatable bonds is 7. The molecule has 0 saturated heterocycles. The van der Waals surface area contributed by atoms with Gasteiger partial charge in [-0.3, -0.25) is 0 Å². The molecule has 128 valence electrons. The van der Waals surface area contributed by atoms with Gasteiger partial charge in [-0.25, -0.2) is 4.79 Å². The Morgan fingerprint density at radius 2 is 1.91 bits per heavy atom. The zero-order valence-electron chi connectivity index (χ0n) is 14.7. The van der Waals surface area contributed by atoms with Crippen molar-refractivity contribution in [1.82, 2.24) is 10.6 Å². The summed E-state index contributed by atoms with van der Waals surface area (Å²) in [4.78, 5) is 12.0. The first kappa shape index (κ1) is 17.8. The Bertz CT molecular complexity index is 490. The molecule has 0 spiro atoms. The fourth-order valence-electron chi connectivity index (χ4n) is 2.86. The quantitative estimate of drug-likeness (QED) is 0.754. The van der Waals surface area contributed by atoms with Gasteiger partial charge in [0, 0.05) is 6.54 Å². The highest BCUT2D eigenvalue weighted by molar-refractivity contribution is 5.69. The second-order valence-electron chi connectivity index (χ2n) is 7.53. The summed E-state index contributed by atoms with van der Waals surface area (Å²) in [5, 5.41) is 6.57. The largest absolute Gasteiger partial charge is 0.444 e. The average molecular weight is 318 g/mol. The Morgan fingerprint density at radius 1 is 1.22 bits per heavy atom. The number of carbonyl (C=O) groups is 1. The van der Waals surface area contributed by atoms with E-state index in [4.69, 9.17) is 4.74 Å². The van der Waals surface area contributed by atoms with Crippen LogP contribution < -0.4 is 10.6 Å². The Kier molecular flexibility index (Phi) is 6.05. The van der Waals surface area contributed by atoms with Crippen LogP contribution in [-0.2, 0) is 11.2 Å². The van der Waals surface area contributed by atoms with E-state index in [0.29, 0.717) is 0 Å². The van der Waals surface area contributed by atoms with Crippen molar-refractivity contribution in [2.24, 2.45) is 0 Å². The molecule has 2 N–H and O–H groups in total. The van der Waals surface area contributed by atoms with E-state index in [0.717, 1.165) is 38.8 Å². The van der Waals surface area contributed by atoms with Crippen molar-refractivity contribution in [3.8, 4) is 0 Å². The van der Waals surface area contributed by atoms with Crippen LogP contribution in [0, 0.1) is 0 Å². The Balaban J connectivity index is 1.67. The van der Waals surface area contributed by atoms with Crippen molar-refractivity contribution in [2.45, 2.75) is 64.0 Å². The molecule has 0 radical (unpaired) electrons. The van der Waals surface area contributed by atoms with Gasteiger partial charge >= 0.3 is 6.09 Å². The predicted molar refractivity (Wildman–Crippen MR) is 93.6 cm³/mol. The second kappa shape index (κ2) is 7.82. The molecule has 1 aliphatic carbocycles. The van der Waals surface area contributed by atoms with E-state index < -0.39 is 5.60 Å². The van der Waals surface area contributed by atoms with Gasteiger partial charge in [-0.15, -0.1) is 0 Å². The topological polar surface area (TPSA) is 50.4 Å². The van der Waals surface area contributed by atoms with E-state index in [2.05, 4.69) is 34.9 Å². The van der Waals surface area contributed by atoms with Gasteiger partial charge in [0.15, 0.2) is 0 Å². The lowest BCUT2D eigenvalue weighted by molar-refractivity contribution is 0.0383. The summed E-state index contributed by atoms with van der Waals surface area (Å²) in [6, 6.07) is 10.5. The van der Waals surface area contributed by atoms with Crippen LogP contribution in [0.1, 0.15) is 52.0 Å². The number of benzene rings is 1. The smallest absolute Gasteiger partial charge is 0.408 e. The summed E-state index contributed by atoms with van der Waals surface area (Å²) in [7, 11) is 0. The van der Waals surface area contributed by atoms with Gasteiger partial charge < -0.3 is 15.4 Å². The van der Waals surface area contributed by atoms with E-state index in [1.54, 1.807) is 0 Å². The number of carbonyl (C=O) groups excluding carboxylic acids is 1. The number of aryl methyl sites for hydroxylation is 1. The van der Waals surface area contributed by atoms with Crippen molar-refractivity contribution in [3.05, 3.63) is 35.9 Å². The van der Waals surface area contributed by atoms with Crippen LogP contribution >= 0.6 is 0 Å². The van der Waals surface area contributed by atoms with E-state index in [1.165, 1.54) is 12.0 Å². The molecule has 4 nitrogen and oxygen atoms in total. The molecule has 1 amide bonds. The van der Waals surface area contributed by atoms with E-state index in [1.807, 2.05) is 26.8 Å². The number of alkyl carbamates (subject to hydrolysis) is 1. The van der Waals surface area contributed by atoms with Gasteiger partial charge in [-0.05, 0) is 65.0 Å². The van der Waals surface area contributed by atoms with E-state index >= 15 is 0 Å². The average Bonchev–Trinajstić information content (AvgIpc) is 2.43. The van der Waals surface area contributed by atoms with Crippen molar-refractivity contribution in [1.29, 1.82) is 0 Å². The van der Waals surface area contributed by atoms with Crippen LogP contribution in [0.15, 0.2) is 30.3 Å². The maximum absolute atomic E-state index is 12.0. The van der Waals surface area contributed by atoms with Crippen molar-refractivity contribution >= 4 is 6.09 Å². The number of hydrogen-bond donors (Lipinski definition) is 2. The number of nitrogens with one attached hydrogen (secondary N) is 2. The summed E-state index contributed by atoms with van der Waals surface area (Å²) in [5.74, 6) is 0. The van der Waals surface area contributed by atoms with Gasteiger partial charge in [0.2, 0.25) is 0 Å². The van der Waals surface area contributed by atoms with Crippen LogP contribution in [0.3, 0.4) is 0 Å². The third-order valence-electron chi connectivity index (χ3n) is 4.20. The fourth-order valence-corrected chi connectivity index (χ4v) is 2.86. The Hall–Kier alpha value is -1.55. The first-order chi connectivity index (χ1) is 10.9. The standard InChI is InChI=1S/C19H30N2O2/c1-18(2,3)23-17(22)21-19(12-8-13-19)15-20-14-7-11-16-9-5-4-6-10-16/h4-6,9-10,20H,7-8,11-15H2,1-3H3,(H,21,22). The number of ether oxygens (including phenoxy) is 1. The molecule has 0 atom stereocenters. The van der Waals surface area contributed by atoms with Gasteiger partial charge in [0.1, 0.15) is 5.60 Å². The van der Waals surface area contributed by atoms with E-state index in [9.17, 15) is 4.79 Å². The summed E-state index contributed by atoms with van der Waals surface area (Å²) >= 11 is 0. The normalized spacial score (nSPS) is 16.5. The van der Waals surface area contributed by atoms with Crippen molar-refractivity contribution in [3.63, 3.8) is 0 Å². The molecule has 1 aromatic rings. The summed E-state index contributed by atoms with van der Waals surface area (Å²) in [5.41, 5.74) is 0.812. The predicted octanol–water partition coefficient (Wildman–Crippen LogP) is 3.66. The van der Waals surface area contributed by atoms with Crippen LogP contribution in [0.2, 0.25) is 0 Å². The van der Waals surface area contributed by atoms with Crippen molar-refractivity contribution < 1.29 is 9.53 Å². The third kappa shape index (κ3) is 6.22. The molecule has 1 aliphatic rings.